The van der Waals surface area contributed by atoms with E-state index < -0.39 is 17.7 Å². The van der Waals surface area contributed by atoms with Crippen LogP contribution in [0.5, 0.6) is 0 Å². The second-order valence-electron chi connectivity index (χ2n) is 9.36. The molecular formula is C26H31N3O5S. The van der Waals surface area contributed by atoms with Crippen molar-refractivity contribution in [2.75, 3.05) is 13.2 Å². The van der Waals surface area contributed by atoms with Crippen molar-refractivity contribution in [1.82, 2.24) is 10.2 Å². The van der Waals surface area contributed by atoms with E-state index in [1.807, 2.05) is 6.07 Å². The van der Waals surface area contributed by atoms with Gasteiger partial charge in [-0.3, -0.25) is 9.59 Å². The zero-order valence-corrected chi connectivity index (χ0v) is 21.4. The molecular weight excluding hydrogens is 466 g/mol. The van der Waals surface area contributed by atoms with Gasteiger partial charge in [-0.1, -0.05) is 12.1 Å². The van der Waals surface area contributed by atoms with E-state index in [0.29, 0.717) is 31.7 Å². The summed E-state index contributed by atoms with van der Waals surface area (Å²) < 4.78 is 10.4. The van der Waals surface area contributed by atoms with E-state index >= 15 is 0 Å². The molecule has 0 aliphatic carbocycles. The maximum Gasteiger partial charge on any atom is 0.408 e. The molecule has 2 amide bonds. The lowest BCUT2D eigenvalue weighted by Crippen LogP contribution is -2.51. The number of fused-ring (bicyclic) bond motifs is 1. The Balaban J connectivity index is 1.75. The molecule has 8 nitrogen and oxygen atoms in total. The fourth-order valence-electron chi connectivity index (χ4n) is 3.85. The van der Waals surface area contributed by atoms with Gasteiger partial charge in [-0.2, -0.15) is 5.26 Å². The number of nitrogens with one attached hydrogen (secondary N) is 1. The van der Waals surface area contributed by atoms with Gasteiger partial charge in [-0.05, 0) is 63.4 Å². The van der Waals surface area contributed by atoms with Crippen molar-refractivity contribution >= 4 is 29.3 Å². The number of alkyl carbamates (subject to hydrolysis) is 1. The van der Waals surface area contributed by atoms with E-state index in [2.05, 4.69) is 11.4 Å². The fraction of sp³-hybridized carbons (Fsp3) is 0.462. The van der Waals surface area contributed by atoms with Crippen molar-refractivity contribution in [3.05, 3.63) is 56.8 Å². The van der Waals surface area contributed by atoms with Gasteiger partial charge >= 0.3 is 12.1 Å². The number of rotatable bonds is 7. The molecule has 1 atom stereocenters. The average Bonchev–Trinajstić information content (AvgIpc) is 3.18. The largest absolute Gasteiger partial charge is 0.466 e. The zero-order valence-electron chi connectivity index (χ0n) is 20.6. The van der Waals surface area contributed by atoms with Gasteiger partial charge in [0.25, 0.3) is 0 Å². The molecule has 1 aromatic carbocycles. The average molecular weight is 498 g/mol. The van der Waals surface area contributed by atoms with Crippen molar-refractivity contribution in [2.45, 2.75) is 65.1 Å². The van der Waals surface area contributed by atoms with Crippen LogP contribution in [0.1, 0.15) is 54.1 Å². The highest BCUT2D eigenvalue weighted by atomic mass is 32.1. The Labute approximate surface area is 209 Å². The number of nitrogens with zero attached hydrogens (tertiary/aromatic N) is 2. The number of hydrogen-bond acceptors (Lipinski definition) is 7. The van der Waals surface area contributed by atoms with Crippen LogP contribution < -0.4 is 5.32 Å². The minimum atomic E-state index is -0.822. The van der Waals surface area contributed by atoms with Gasteiger partial charge in [0.2, 0.25) is 5.91 Å². The Morgan fingerprint density at radius 2 is 1.94 bits per heavy atom. The quantitative estimate of drug-likeness (QED) is 0.584. The van der Waals surface area contributed by atoms with Gasteiger partial charge in [-0.25, -0.2) is 4.79 Å². The Morgan fingerprint density at radius 1 is 1.23 bits per heavy atom. The summed E-state index contributed by atoms with van der Waals surface area (Å²) in [6.07, 6.45) is 0.519. The Kier molecular flexibility index (Phi) is 8.52. The maximum atomic E-state index is 13.5. The number of carbonyl (C=O) groups is 3. The first-order chi connectivity index (χ1) is 16.6. The summed E-state index contributed by atoms with van der Waals surface area (Å²) in [4.78, 5) is 41.7. The number of amides is 2. The highest BCUT2D eigenvalue weighted by Crippen LogP contribution is 2.29. The predicted molar refractivity (Wildman–Crippen MR) is 132 cm³/mol. The molecule has 0 unspecified atom stereocenters. The van der Waals surface area contributed by atoms with Crippen molar-refractivity contribution in [3.63, 3.8) is 0 Å². The van der Waals surface area contributed by atoms with Crippen molar-refractivity contribution in [1.29, 1.82) is 5.26 Å². The smallest absolute Gasteiger partial charge is 0.408 e. The van der Waals surface area contributed by atoms with E-state index in [9.17, 15) is 14.4 Å². The summed E-state index contributed by atoms with van der Waals surface area (Å²) in [5.74, 6) is -0.466. The van der Waals surface area contributed by atoms with Gasteiger partial charge in [0, 0.05) is 29.3 Å². The second kappa shape index (κ2) is 11.4. The van der Waals surface area contributed by atoms with Gasteiger partial charge in [-0.15, -0.1) is 11.3 Å². The van der Waals surface area contributed by atoms with Gasteiger partial charge < -0.3 is 19.7 Å². The topological polar surface area (TPSA) is 109 Å². The number of esters is 1. The van der Waals surface area contributed by atoms with E-state index in [1.165, 1.54) is 0 Å². The Morgan fingerprint density at radius 3 is 2.57 bits per heavy atom. The maximum absolute atomic E-state index is 13.5. The summed E-state index contributed by atoms with van der Waals surface area (Å²) in [6, 6.07) is 10.2. The molecule has 1 aliphatic heterocycles. The molecule has 0 radical (unpaired) electrons. The number of hydrogen-bond donors (Lipinski definition) is 1. The standard InChI is InChI=1S/C26H31N3O5S/c1-5-33-23(30)14-20-13-19-16-29(11-10-22(19)35-20)24(31)21(28-25(32)34-26(2,3)4)12-17-6-8-18(15-27)9-7-17/h6-9,13,21H,5,10-12,14,16H2,1-4H3,(H,28,32)/t21-/m0/s1. The Bertz CT molecular complexity index is 1110. The van der Waals surface area contributed by atoms with E-state index in [1.54, 1.807) is 68.2 Å². The first kappa shape index (κ1) is 26.2. The van der Waals surface area contributed by atoms with Crippen LogP contribution >= 0.6 is 11.3 Å². The van der Waals surface area contributed by atoms with Crippen LogP contribution in [-0.4, -0.2) is 47.7 Å². The highest BCUT2D eigenvalue weighted by molar-refractivity contribution is 7.12. The molecule has 0 saturated carbocycles. The lowest BCUT2D eigenvalue weighted by Gasteiger charge is -2.31. The summed E-state index contributed by atoms with van der Waals surface area (Å²) in [6.45, 7) is 8.35. The lowest BCUT2D eigenvalue weighted by atomic mass is 10.0. The summed E-state index contributed by atoms with van der Waals surface area (Å²) >= 11 is 1.58. The first-order valence-corrected chi connectivity index (χ1v) is 12.4. The summed E-state index contributed by atoms with van der Waals surface area (Å²) in [7, 11) is 0. The van der Waals surface area contributed by atoms with Crippen molar-refractivity contribution in [2.24, 2.45) is 0 Å². The minimum Gasteiger partial charge on any atom is -0.466 e. The lowest BCUT2D eigenvalue weighted by molar-refractivity contribution is -0.142. The molecule has 2 heterocycles. The summed E-state index contributed by atoms with van der Waals surface area (Å²) in [5, 5.41) is 11.8. The van der Waals surface area contributed by atoms with Gasteiger partial charge in [0.05, 0.1) is 24.7 Å². The van der Waals surface area contributed by atoms with Gasteiger partial charge in [0.15, 0.2) is 0 Å². The Hall–Kier alpha value is -3.38. The van der Waals surface area contributed by atoms with E-state index in [4.69, 9.17) is 14.7 Å². The fourth-order valence-corrected chi connectivity index (χ4v) is 5.00. The number of thiophene rings is 1. The second-order valence-corrected chi connectivity index (χ2v) is 10.6. The molecule has 186 valence electrons. The molecule has 2 aromatic rings. The highest BCUT2D eigenvalue weighted by Gasteiger charge is 2.31. The molecule has 0 spiro atoms. The molecule has 35 heavy (non-hydrogen) atoms. The van der Waals surface area contributed by atoms with Crippen LogP contribution in [0.3, 0.4) is 0 Å². The van der Waals surface area contributed by atoms with Crippen LogP contribution in [0.25, 0.3) is 0 Å². The van der Waals surface area contributed by atoms with Crippen LogP contribution in [-0.2, 0) is 44.9 Å². The third kappa shape index (κ3) is 7.55. The molecule has 9 heteroatoms. The SMILES string of the molecule is CCOC(=O)Cc1cc2c(s1)CCN(C(=O)[C@H](Cc1ccc(C#N)cc1)NC(=O)OC(C)(C)C)C2. The molecule has 0 fully saturated rings. The van der Waals surface area contributed by atoms with Crippen molar-refractivity contribution < 1.29 is 23.9 Å². The van der Waals surface area contributed by atoms with E-state index in [0.717, 1.165) is 20.9 Å². The number of carbonyl (C=O) groups excluding carboxylic acids is 3. The van der Waals surface area contributed by atoms with Crippen LogP contribution in [0.4, 0.5) is 4.79 Å². The molecule has 3 rings (SSSR count). The molecule has 0 bridgehead atoms. The minimum absolute atomic E-state index is 0.205. The normalized spacial score (nSPS) is 13.9. The molecule has 0 saturated heterocycles. The van der Waals surface area contributed by atoms with Gasteiger partial charge in [0.1, 0.15) is 11.6 Å². The number of benzene rings is 1. The first-order valence-electron chi connectivity index (χ1n) is 11.6. The van der Waals surface area contributed by atoms with Crippen LogP contribution in [0, 0.1) is 11.3 Å². The zero-order chi connectivity index (χ0) is 25.6. The summed E-state index contributed by atoms with van der Waals surface area (Å²) in [5.41, 5.74) is 1.67. The van der Waals surface area contributed by atoms with Crippen molar-refractivity contribution in [3.8, 4) is 6.07 Å². The predicted octanol–water partition coefficient (Wildman–Crippen LogP) is 3.75. The third-order valence-corrected chi connectivity index (χ3v) is 6.60. The molecule has 1 aliphatic rings. The number of nitriles is 1. The molecule has 1 N–H and O–H groups in total. The molecule has 1 aromatic heterocycles. The van der Waals surface area contributed by atoms with E-state index in [-0.39, 0.29) is 24.7 Å². The van der Waals surface area contributed by atoms with Crippen LogP contribution in [0.15, 0.2) is 30.3 Å². The number of ether oxygens (including phenoxy) is 2. The third-order valence-electron chi connectivity index (χ3n) is 5.37. The monoisotopic (exact) mass is 497 g/mol. The van der Waals surface area contributed by atoms with Crippen LogP contribution in [0.2, 0.25) is 0 Å².